The lowest BCUT2D eigenvalue weighted by Gasteiger charge is -2.08. The molecule has 0 fully saturated rings. The molecule has 1 amide bonds. The standard InChI is InChI=1S/C17H19N5O/c1-2-3-6-9-19-17(23)15-10-16(21-12-20-15)22-14-8-5-4-7-13(14)11-18/h4-5,7-8,10,12H,2-3,6,9H2,1H3,(H,19,23)(H,20,21,22). The molecule has 1 aromatic heterocycles. The maximum absolute atomic E-state index is 12.1. The van der Waals surface area contributed by atoms with Crippen molar-refractivity contribution in [3.05, 3.63) is 47.9 Å². The molecule has 0 radical (unpaired) electrons. The van der Waals surface area contributed by atoms with E-state index < -0.39 is 0 Å². The Kier molecular flexibility index (Phi) is 6.07. The Morgan fingerprint density at radius 2 is 2.09 bits per heavy atom. The van der Waals surface area contributed by atoms with E-state index in [1.54, 1.807) is 24.3 Å². The van der Waals surface area contributed by atoms with E-state index in [0.29, 0.717) is 29.3 Å². The van der Waals surface area contributed by atoms with E-state index >= 15 is 0 Å². The first-order valence-electron chi connectivity index (χ1n) is 7.61. The average Bonchev–Trinajstić information content (AvgIpc) is 2.59. The number of nitriles is 1. The number of aromatic nitrogens is 2. The van der Waals surface area contributed by atoms with Gasteiger partial charge in [-0.1, -0.05) is 31.9 Å². The highest BCUT2D eigenvalue weighted by molar-refractivity contribution is 5.93. The molecule has 2 rings (SSSR count). The molecule has 0 bridgehead atoms. The Bertz CT molecular complexity index is 708. The molecule has 0 unspecified atom stereocenters. The lowest BCUT2D eigenvalue weighted by atomic mass is 10.2. The van der Waals surface area contributed by atoms with Gasteiger partial charge in [0.1, 0.15) is 23.9 Å². The van der Waals surface area contributed by atoms with Gasteiger partial charge in [-0.25, -0.2) is 9.97 Å². The number of rotatable bonds is 7. The predicted octanol–water partition coefficient (Wildman–Crippen LogP) is 3.01. The number of carbonyl (C=O) groups excluding carboxylic acids is 1. The van der Waals surface area contributed by atoms with E-state index in [-0.39, 0.29) is 5.91 Å². The summed E-state index contributed by atoms with van der Waals surface area (Å²) in [5.41, 5.74) is 1.45. The third kappa shape index (κ3) is 4.78. The Hall–Kier alpha value is -2.94. The van der Waals surface area contributed by atoms with Crippen LogP contribution in [-0.2, 0) is 0 Å². The molecule has 0 spiro atoms. The minimum absolute atomic E-state index is 0.222. The molecule has 0 aliphatic rings. The maximum atomic E-state index is 12.1. The normalized spacial score (nSPS) is 9.91. The molecule has 0 atom stereocenters. The Labute approximate surface area is 135 Å². The summed E-state index contributed by atoms with van der Waals surface area (Å²) in [6, 6.07) is 10.8. The number of carbonyl (C=O) groups is 1. The number of benzene rings is 1. The van der Waals surface area contributed by atoms with Crippen LogP contribution in [-0.4, -0.2) is 22.4 Å². The van der Waals surface area contributed by atoms with Crippen molar-refractivity contribution in [3.63, 3.8) is 0 Å². The second-order valence-electron chi connectivity index (χ2n) is 5.03. The van der Waals surface area contributed by atoms with Gasteiger partial charge < -0.3 is 10.6 Å². The lowest BCUT2D eigenvalue weighted by molar-refractivity contribution is 0.0948. The van der Waals surface area contributed by atoms with Gasteiger partial charge in [0, 0.05) is 12.6 Å². The molecule has 0 aliphatic heterocycles. The summed E-state index contributed by atoms with van der Waals surface area (Å²) in [6.07, 6.45) is 4.48. The van der Waals surface area contributed by atoms with Gasteiger partial charge in [0.25, 0.3) is 5.91 Å². The van der Waals surface area contributed by atoms with Crippen molar-refractivity contribution in [1.29, 1.82) is 5.26 Å². The number of hydrogen-bond acceptors (Lipinski definition) is 5. The van der Waals surface area contributed by atoms with Gasteiger partial charge in [-0.15, -0.1) is 0 Å². The minimum atomic E-state index is -0.222. The van der Waals surface area contributed by atoms with Gasteiger partial charge in [0.2, 0.25) is 0 Å². The van der Waals surface area contributed by atoms with Gasteiger partial charge in [0.05, 0.1) is 11.3 Å². The molecule has 1 heterocycles. The Morgan fingerprint density at radius 1 is 1.26 bits per heavy atom. The summed E-state index contributed by atoms with van der Waals surface area (Å²) >= 11 is 0. The van der Waals surface area contributed by atoms with Crippen molar-refractivity contribution in [2.24, 2.45) is 0 Å². The second-order valence-corrected chi connectivity index (χ2v) is 5.03. The van der Waals surface area contributed by atoms with Crippen LogP contribution in [0.1, 0.15) is 42.2 Å². The molecule has 0 saturated carbocycles. The number of hydrogen-bond donors (Lipinski definition) is 2. The van der Waals surface area contributed by atoms with Crippen LogP contribution >= 0.6 is 0 Å². The number of amides is 1. The van der Waals surface area contributed by atoms with Gasteiger partial charge in [-0.05, 0) is 18.6 Å². The monoisotopic (exact) mass is 309 g/mol. The zero-order valence-corrected chi connectivity index (χ0v) is 13.0. The summed E-state index contributed by atoms with van der Waals surface area (Å²) in [5.74, 6) is 0.251. The molecule has 2 aromatic rings. The first-order chi connectivity index (χ1) is 11.2. The van der Waals surface area contributed by atoms with E-state index in [9.17, 15) is 4.79 Å². The van der Waals surface area contributed by atoms with Crippen molar-refractivity contribution in [3.8, 4) is 6.07 Å². The Morgan fingerprint density at radius 3 is 2.87 bits per heavy atom. The largest absolute Gasteiger partial charge is 0.351 e. The van der Waals surface area contributed by atoms with Crippen LogP contribution in [0.2, 0.25) is 0 Å². The van der Waals surface area contributed by atoms with E-state index in [1.165, 1.54) is 6.33 Å². The molecular formula is C17H19N5O. The number of anilines is 2. The summed E-state index contributed by atoms with van der Waals surface area (Å²) in [4.78, 5) is 20.1. The minimum Gasteiger partial charge on any atom is -0.351 e. The molecule has 6 nitrogen and oxygen atoms in total. The maximum Gasteiger partial charge on any atom is 0.270 e. The number of para-hydroxylation sites is 1. The first-order valence-corrected chi connectivity index (χ1v) is 7.61. The summed E-state index contributed by atoms with van der Waals surface area (Å²) in [6.45, 7) is 2.75. The molecule has 0 saturated heterocycles. The molecule has 118 valence electrons. The number of unbranched alkanes of at least 4 members (excludes halogenated alkanes) is 2. The van der Waals surface area contributed by atoms with E-state index in [1.807, 2.05) is 6.07 Å². The van der Waals surface area contributed by atoms with Gasteiger partial charge in [0.15, 0.2) is 0 Å². The fourth-order valence-electron chi connectivity index (χ4n) is 2.04. The smallest absolute Gasteiger partial charge is 0.270 e. The quantitative estimate of drug-likeness (QED) is 0.767. The van der Waals surface area contributed by atoms with Crippen LogP contribution in [0.25, 0.3) is 0 Å². The fraction of sp³-hybridized carbons (Fsp3) is 0.294. The summed E-state index contributed by atoms with van der Waals surface area (Å²) in [7, 11) is 0. The van der Waals surface area contributed by atoms with Crippen molar-refractivity contribution < 1.29 is 4.79 Å². The zero-order chi connectivity index (χ0) is 16.5. The van der Waals surface area contributed by atoms with Crippen LogP contribution in [0.3, 0.4) is 0 Å². The molecule has 6 heteroatoms. The van der Waals surface area contributed by atoms with Crippen molar-refractivity contribution >= 4 is 17.4 Å². The summed E-state index contributed by atoms with van der Waals surface area (Å²) < 4.78 is 0. The highest BCUT2D eigenvalue weighted by Gasteiger charge is 2.09. The van der Waals surface area contributed by atoms with Crippen molar-refractivity contribution in [2.45, 2.75) is 26.2 Å². The molecule has 2 N–H and O–H groups in total. The van der Waals surface area contributed by atoms with Gasteiger partial charge in [-0.2, -0.15) is 5.26 Å². The van der Waals surface area contributed by atoms with Crippen molar-refractivity contribution in [1.82, 2.24) is 15.3 Å². The third-order valence-corrected chi connectivity index (χ3v) is 3.28. The van der Waals surface area contributed by atoms with Crippen LogP contribution < -0.4 is 10.6 Å². The predicted molar refractivity (Wildman–Crippen MR) is 88.3 cm³/mol. The molecule has 1 aromatic carbocycles. The first kappa shape index (κ1) is 16.4. The summed E-state index contributed by atoms with van der Waals surface area (Å²) in [5, 5.41) is 15.0. The zero-order valence-electron chi connectivity index (χ0n) is 13.0. The van der Waals surface area contributed by atoms with E-state index in [0.717, 1.165) is 19.3 Å². The topological polar surface area (TPSA) is 90.7 Å². The average molecular weight is 309 g/mol. The van der Waals surface area contributed by atoms with Gasteiger partial charge >= 0.3 is 0 Å². The van der Waals surface area contributed by atoms with E-state index in [2.05, 4.69) is 33.6 Å². The van der Waals surface area contributed by atoms with Crippen LogP contribution in [0.4, 0.5) is 11.5 Å². The molecule has 0 aliphatic carbocycles. The molecule has 23 heavy (non-hydrogen) atoms. The highest BCUT2D eigenvalue weighted by atomic mass is 16.1. The lowest BCUT2D eigenvalue weighted by Crippen LogP contribution is -2.25. The van der Waals surface area contributed by atoms with Crippen LogP contribution in [0.5, 0.6) is 0 Å². The van der Waals surface area contributed by atoms with Crippen LogP contribution in [0, 0.1) is 11.3 Å². The number of nitrogens with one attached hydrogen (secondary N) is 2. The number of nitrogens with zero attached hydrogens (tertiary/aromatic N) is 3. The Balaban J connectivity index is 2.05. The van der Waals surface area contributed by atoms with E-state index in [4.69, 9.17) is 5.26 Å². The SMILES string of the molecule is CCCCCNC(=O)c1cc(Nc2ccccc2C#N)ncn1. The second kappa shape index (κ2) is 8.49. The van der Waals surface area contributed by atoms with Crippen LogP contribution in [0.15, 0.2) is 36.7 Å². The highest BCUT2D eigenvalue weighted by Crippen LogP contribution is 2.18. The van der Waals surface area contributed by atoms with Gasteiger partial charge in [-0.3, -0.25) is 4.79 Å². The molecular weight excluding hydrogens is 290 g/mol. The third-order valence-electron chi connectivity index (χ3n) is 3.28. The van der Waals surface area contributed by atoms with Crippen molar-refractivity contribution in [2.75, 3.05) is 11.9 Å². The fourth-order valence-corrected chi connectivity index (χ4v) is 2.04.